The van der Waals surface area contributed by atoms with Gasteiger partial charge in [-0.2, -0.15) is 0 Å². The summed E-state index contributed by atoms with van der Waals surface area (Å²) in [7, 11) is 0. The summed E-state index contributed by atoms with van der Waals surface area (Å²) in [5.74, 6) is 0.971. The Balaban J connectivity index is 1.96. The van der Waals surface area contributed by atoms with Crippen LogP contribution >= 0.6 is 11.8 Å². The van der Waals surface area contributed by atoms with Crippen molar-refractivity contribution in [3.05, 3.63) is 18.1 Å². The molecule has 15 heavy (non-hydrogen) atoms. The zero-order valence-electron chi connectivity index (χ0n) is 8.90. The summed E-state index contributed by atoms with van der Waals surface area (Å²) in [5, 5.41) is 9.68. The monoisotopic (exact) mass is 227 g/mol. The molecule has 1 saturated carbocycles. The minimum Gasteiger partial charge on any atom is -0.468 e. The summed E-state index contributed by atoms with van der Waals surface area (Å²) in [6.07, 6.45) is 4.59. The topological polar surface area (TPSA) is 59.4 Å². The van der Waals surface area contributed by atoms with E-state index in [4.69, 9.17) is 10.2 Å². The molecule has 0 aromatic carbocycles. The molecular formula is C11H17NO2S. The molecule has 0 saturated heterocycles. The molecule has 84 valence electrons. The van der Waals surface area contributed by atoms with E-state index in [-0.39, 0.29) is 12.1 Å². The maximum absolute atomic E-state index is 9.17. The van der Waals surface area contributed by atoms with Crippen molar-refractivity contribution >= 4 is 11.8 Å². The standard InChI is InChI=1S/C11H17NO2S/c1-8-10(3-5-14-8)15-9-2-4-11(12,6-9)7-13/h3,5,9,13H,2,4,6-7,12H2,1H3. The Morgan fingerprint density at radius 1 is 1.73 bits per heavy atom. The van der Waals surface area contributed by atoms with Gasteiger partial charge in [-0.05, 0) is 32.3 Å². The van der Waals surface area contributed by atoms with Gasteiger partial charge in [0.1, 0.15) is 5.76 Å². The number of furan rings is 1. The third kappa shape index (κ3) is 2.38. The number of hydrogen-bond donors (Lipinski definition) is 2. The summed E-state index contributed by atoms with van der Waals surface area (Å²) < 4.78 is 5.25. The number of aliphatic hydroxyl groups is 1. The molecule has 2 unspecified atom stereocenters. The number of thioether (sulfide) groups is 1. The van der Waals surface area contributed by atoms with Crippen molar-refractivity contribution in [1.82, 2.24) is 0 Å². The molecule has 0 amide bonds. The average Bonchev–Trinajstić information content (AvgIpc) is 2.77. The largest absolute Gasteiger partial charge is 0.468 e. The highest BCUT2D eigenvalue weighted by Gasteiger charge is 2.35. The Morgan fingerprint density at radius 2 is 2.53 bits per heavy atom. The first-order valence-corrected chi connectivity index (χ1v) is 6.11. The van der Waals surface area contributed by atoms with Crippen molar-refractivity contribution in [3.8, 4) is 0 Å². The lowest BCUT2D eigenvalue weighted by molar-refractivity contribution is 0.200. The summed E-state index contributed by atoms with van der Waals surface area (Å²) in [5.41, 5.74) is 5.68. The molecule has 3 N–H and O–H groups in total. The van der Waals surface area contributed by atoms with Gasteiger partial charge in [0.15, 0.2) is 0 Å². The Morgan fingerprint density at radius 3 is 3.07 bits per heavy atom. The summed E-state index contributed by atoms with van der Waals surface area (Å²) in [6.45, 7) is 2.06. The summed E-state index contributed by atoms with van der Waals surface area (Å²) >= 11 is 1.82. The van der Waals surface area contributed by atoms with Crippen molar-refractivity contribution in [2.45, 2.75) is 41.9 Å². The number of hydrogen-bond acceptors (Lipinski definition) is 4. The number of aryl methyl sites for hydroxylation is 1. The Labute approximate surface area is 94.0 Å². The van der Waals surface area contributed by atoms with Gasteiger partial charge in [-0.3, -0.25) is 0 Å². The third-order valence-corrected chi connectivity index (χ3v) is 4.43. The van der Waals surface area contributed by atoms with E-state index in [1.165, 1.54) is 4.90 Å². The van der Waals surface area contributed by atoms with Crippen LogP contribution in [0.15, 0.2) is 21.6 Å². The van der Waals surface area contributed by atoms with Crippen LogP contribution in [0, 0.1) is 6.92 Å². The second-order valence-corrected chi connectivity index (χ2v) is 5.69. The Bertz CT molecular complexity index is 339. The Kier molecular flexibility index (Phi) is 3.09. The van der Waals surface area contributed by atoms with Crippen LogP contribution in [0.2, 0.25) is 0 Å². The maximum atomic E-state index is 9.17. The SMILES string of the molecule is Cc1occc1SC1CCC(N)(CO)C1. The van der Waals surface area contributed by atoms with Gasteiger partial charge in [-0.15, -0.1) is 11.8 Å². The number of aliphatic hydroxyl groups excluding tert-OH is 1. The lowest BCUT2D eigenvalue weighted by Crippen LogP contribution is -2.40. The lowest BCUT2D eigenvalue weighted by atomic mass is 10.0. The summed E-state index contributed by atoms with van der Waals surface area (Å²) in [4.78, 5) is 1.20. The van der Waals surface area contributed by atoms with E-state index in [1.54, 1.807) is 6.26 Å². The van der Waals surface area contributed by atoms with Gasteiger partial charge >= 0.3 is 0 Å². The fourth-order valence-electron chi connectivity index (χ4n) is 2.03. The summed E-state index contributed by atoms with van der Waals surface area (Å²) in [6, 6.07) is 2.00. The minimum absolute atomic E-state index is 0.0917. The molecule has 3 nitrogen and oxygen atoms in total. The smallest absolute Gasteiger partial charge is 0.114 e. The Hall–Kier alpha value is -0.450. The molecule has 1 fully saturated rings. The third-order valence-electron chi connectivity index (χ3n) is 3.02. The first-order valence-electron chi connectivity index (χ1n) is 5.23. The van der Waals surface area contributed by atoms with Crippen LogP contribution in [0.1, 0.15) is 25.0 Å². The van der Waals surface area contributed by atoms with Gasteiger partial charge in [0.25, 0.3) is 0 Å². The van der Waals surface area contributed by atoms with Crippen LogP contribution < -0.4 is 5.73 Å². The zero-order valence-corrected chi connectivity index (χ0v) is 9.72. The molecule has 1 heterocycles. The van der Waals surface area contributed by atoms with Crippen LogP contribution in [-0.4, -0.2) is 22.5 Å². The molecule has 2 atom stereocenters. The fraction of sp³-hybridized carbons (Fsp3) is 0.636. The van der Waals surface area contributed by atoms with Crippen LogP contribution in [0.5, 0.6) is 0 Å². The maximum Gasteiger partial charge on any atom is 0.114 e. The molecule has 1 aliphatic carbocycles. The minimum atomic E-state index is -0.352. The first kappa shape index (κ1) is 11.0. The molecule has 0 spiro atoms. The van der Waals surface area contributed by atoms with Crippen LogP contribution in [0.25, 0.3) is 0 Å². The van der Waals surface area contributed by atoms with Gasteiger partial charge in [-0.25, -0.2) is 0 Å². The van der Waals surface area contributed by atoms with E-state index in [0.717, 1.165) is 25.0 Å². The highest BCUT2D eigenvalue weighted by molar-refractivity contribution is 8.00. The normalized spacial score (nSPS) is 31.0. The zero-order chi connectivity index (χ0) is 10.9. The van der Waals surface area contributed by atoms with E-state index in [0.29, 0.717) is 5.25 Å². The van der Waals surface area contributed by atoms with Gasteiger partial charge in [-0.1, -0.05) is 0 Å². The molecule has 1 aliphatic rings. The molecule has 1 aromatic heterocycles. The van der Waals surface area contributed by atoms with Gasteiger partial charge < -0.3 is 15.3 Å². The average molecular weight is 227 g/mol. The van der Waals surface area contributed by atoms with Crippen molar-refractivity contribution in [3.63, 3.8) is 0 Å². The van der Waals surface area contributed by atoms with Crippen molar-refractivity contribution < 1.29 is 9.52 Å². The van der Waals surface area contributed by atoms with E-state index >= 15 is 0 Å². The highest BCUT2D eigenvalue weighted by atomic mass is 32.2. The van der Waals surface area contributed by atoms with E-state index in [2.05, 4.69) is 0 Å². The van der Waals surface area contributed by atoms with E-state index in [9.17, 15) is 5.11 Å². The quantitative estimate of drug-likeness (QED) is 0.828. The van der Waals surface area contributed by atoms with Crippen molar-refractivity contribution in [2.24, 2.45) is 5.73 Å². The van der Waals surface area contributed by atoms with Crippen LogP contribution in [-0.2, 0) is 0 Å². The van der Waals surface area contributed by atoms with Gasteiger partial charge in [0, 0.05) is 15.7 Å². The highest BCUT2D eigenvalue weighted by Crippen LogP contribution is 2.39. The lowest BCUT2D eigenvalue weighted by Gasteiger charge is -2.20. The molecule has 0 radical (unpaired) electrons. The molecule has 0 aliphatic heterocycles. The number of rotatable bonds is 3. The predicted octanol–water partition coefficient (Wildman–Crippen LogP) is 1.92. The molecule has 1 aromatic rings. The second-order valence-electron chi connectivity index (χ2n) is 4.34. The predicted molar refractivity (Wildman–Crippen MR) is 60.9 cm³/mol. The first-order chi connectivity index (χ1) is 7.13. The van der Waals surface area contributed by atoms with Crippen molar-refractivity contribution in [2.75, 3.05) is 6.61 Å². The van der Waals surface area contributed by atoms with E-state index in [1.807, 2.05) is 24.8 Å². The molecule has 2 rings (SSSR count). The van der Waals surface area contributed by atoms with Crippen molar-refractivity contribution in [1.29, 1.82) is 0 Å². The van der Waals surface area contributed by atoms with Crippen LogP contribution in [0.4, 0.5) is 0 Å². The number of nitrogens with two attached hydrogens (primary N) is 1. The molecular weight excluding hydrogens is 210 g/mol. The van der Waals surface area contributed by atoms with Crippen LogP contribution in [0.3, 0.4) is 0 Å². The molecule has 4 heteroatoms. The van der Waals surface area contributed by atoms with E-state index < -0.39 is 0 Å². The van der Waals surface area contributed by atoms with Gasteiger partial charge in [0.05, 0.1) is 12.9 Å². The fourth-order valence-corrected chi connectivity index (χ4v) is 3.38. The second kappa shape index (κ2) is 4.20. The van der Waals surface area contributed by atoms with Gasteiger partial charge in [0.2, 0.25) is 0 Å². The molecule has 0 bridgehead atoms.